The van der Waals surface area contributed by atoms with Crippen LogP contribution >= 0.6 is 0 Å². The molecule has 0 heterocycles. The van der Waals surface area contributed by atoms with E-state index in [1.807, 2.05) is 0 Å². The normalized spacial score (nSPS) is 11.0. The Kier molecular flexibility index (Phi) is 9.11. The highest BCUT2D eigenvalue weighted by Crippen LogP contribution is 2.40. The first kappa shape index (κ1) is 32.7. The zero-order valence-corrected chi connectivity index (χ0v) is 29.9. The molecule has 0 bridgehead atoms. The molecule has 0 N–H and O–H groups in total. The van der Waals surface area contributed by atoms with Gasteiger partial charge in [-0.1, -0.05) is 96.1 Å². The molecule has 7 rings (SSSR count). The van der Waals surface area contributed by atoms with Crippen molar-refractivity contribution in [2.75, 3.05) is 9.80 Å². The van der Waals surface area contributed by atoms with Crippen molar-refractivity contribution in [2.24, 2.45) is 0 Å². The molecule has 0 unspecified atom stereocenters. The van der Waals surface area contributed by atoms with Gasteiger partial charge in [-0.2, -0.15) is 0 Å². The van der Waals surface area contributed by atoms with Crippen molar-refractivity contribution < 1.29 is 0 Å². The molecular weight excluding hydrogens is 605 g/mol. The summed E-state index contributed by atoms with van der Waals surface area (Å²) >= 11 is 0. The van der Waals surface area contributed by atoms with E-state index in [1.165, 1.54) is 67.0 Å². The topological polar surface area (TPSA) is 6.48 Å². The highest BCUT2D eigenvalue weighted by Gasteiger charge is 2.17. The molecule has 0 saturated carbocycles. The van der Waals surface area contributed by atoms with Crippen LogP contribution in [0.2, 0.25) is 0 Å². The maximum Gasteiger partial charge on any atom is 0.0491 e. The molecule has 2 nitrogen and oxygen atoms in total. The molecule has 0 aliphatic rings. The second-order valence-electron chi connectivity index (χ2n) is 13.6. The van der Waals surface area contributed by atoms with Gasteiger partial charge < -0.3 is 9.80 Å². The third-order valence-electron chi connectivity index (χ3n) is 9.53. The second-order valence-corrected chi connectivity index (χ2v) is 13.6. The van der Waals surface area contributed by atoms with Crippen LogP contribution in [0, 0.1) is 41.5 Å². The summed E-state index contributed by atoms with van der Waals surface area (Å²) in [5.74, 6) is 0. The van der Waals surface area contributed by atoms with E-state index in [0.29, 0.717) is 0 Å². The van der Waals surface area contributed by atoms with Crippen molar-refractivity contribution in [1.82, 2.24) is 0 Å². The Labute approximate surface area is 297 Å². The van der Waals surface area contributed by atoms with Crippen LogP contribution in [-0.4, -0.2) is 0 Å². The van der Waals surface area contributed by atoms with Crippen molar-refractivity contribution in [3.05, 3.63) is 191 Å². The summed E-state index contributed by atoms with van der Waals surface area (Å²) in [5.41, 5.74) is 19.3. The standard InChI is InChI=1S/C48H44N2/c1-33-13-23-43(24-14-33)49(45-11-7-9-35(3)29-45)47-27-21-41(31-37(47)5)39-17-19-40(20-18-39)42-22-28-48(38(6)32-42)50(44-25-15-34(2)16-26-44)46-12-8-10-36(4)30-46/h7-32H,1-6H3. The van der Waals surface area contributed by atoms with E-state index in [0.717, 1.165) is 22.7 Å². The van der Waals surface area contributed by atoms with Crippen LogP contribution in [0.5, 0.6) is 0 Å². The Morgan fingerprint density at radius 2 is 0.640 bits per heavy atom. The van der Waals surface area contributed by atoms with E-state index >= 15 is 0 Å². The lowest BCUT2D eigenvalue weighted by molar-refractivity contribution is 1.24. The highest BCUT2D eigenvalue weighted by atomic mass is 15.1. The minimum absolute atomic E-state index is 1.16. The summed E-state index contributed by atoms with van der Waals surface area (Å²) in [5, 5.41) is 0. The largest absolute Gasteiger partial charge is 0.310 e. The number of nitrogens with zero attached hydrogens (tertiary/aromatic N) is 2. The number of hydrogen-bond acceptors (Lipinski definition) is 2. The Morgan fingerprint density at radius 1 is 0.280 bits per heavy atom. The van der Waals surface area contributed by atoms with Crippen LogP contribution < -0.4 is 9.80 Å². The van der Waals surface area contributed by atoms with E-state index in [2.05, 4.69) is 209 Å². The molecule has 0 aliphatic carbocycles. The molecule has 246 valence electrons. The zero-order chi connectivity index (χ0) is 34.8. The Bertz CT molecular complexity index is 2100. The van der Waals surface area contributed by atoms with Gasteiger partial charge in [-0.3, -0.25) is 0 Å². The number of hydrogen-bond donors (Lipinski definition) is 0. The molecule has 0 spiro atoms. The quantitative estimate of drug-likeness (QED) is 0.162. The zero-order valence-electron chi connectivity index (χ0n) is 29.9. The van der Waals surface area contributed by atoms with Crippen LogP contribution in [0.4, 0.5) is 34.1 Å². The summed E-state index contributed by atoms with van der Waals surface area (Å²) < 4.78 is 0. The van der Waals surface area contributed by atoms with Gasteiger partial charge in [-0.25, -0.2) is 0 Å². The van der Waals surface area contributed by atoms with Gasteiger partial charge in [0.1, 0.15) is 0 Å². The fraction of sp³-hybridized carbons (Fsp3) is 0.125. The van der Waals surface area contributed by atoms with Crippen molar-refractivity contribution in [3.8, 4) is 22.3 Å². The third-order valence-corrected chi connectivity index (χ3v) is 9.53. The molecule has 0 atom stereocenters. The fourth-order valence-electron chi connectivity index (χ4n) is 6.80. The van der Waals surface area contributed by atoms with Crippen molar-refractivity contribution >= 4 is 34.1 Å². The minimum atomic E-state index is 1.16. The van der Waals surface area contributed by atoms with Gasteiger partial charge in [0.25, 0.3) is 0 Å². The first-order valence-corrected chi connectivity index (χ1v) is 17.4. The van der Waals surface area contributed by atoms with Crippen LogP contribution in [0.1, 0.15) is 33.4 Å². The summed E-state index contributed by atoms with van der Waals surface area (Å²) in [7, 11) is 0. The lowest BCUT2D eigenvalue weighted by Crippen LogP contribution is -2.11. The Morgan fingerprint density at radius 3 is 0.980 bits per heavy atom. The number of anilines is 6. The van der Waals surface area contributed by atoms with Crippen LogP contribution in [0.15, 0.2) is 158 Å². The van der Waals surface area contributed by atoms with E-state index in [4.69, 9.17) is 0 Å². The van der Waals surface area contributed by atoms with E-state index in [9.17, 15) is 0 Å². The SMILES string of the molecule is Cc1ccc(N(c2cccc(C)c2)c2ccc(-c3ccc(-c4ccc(N(c5ccc(C)cc5)c5cccc(C)c5)c(C)c4)cc3)cc2C)cc1. The van der Waals surface area contributed by atoms with Gasteiger partial charge in [0, 0.05) is 34.1 Å². The number of aryl methyl sites for hydroxylation is 6. The third kappa shape index (κ3) is 6.84. The molecule has 0 fully saturated rings. The number of benzene rings is 7. The molecule has 0 radical (unpaired) electrons. The molecule has 0 saturated heterocycles. The van der Waals surface area contributed by atoms with Crippen LogP contribution in [0.3, 0.4) is 0 Å². The van der Waals surface area contributed by atoms with Gasteiger partial charge in [0.15, 0.2) is 0 Å². The average Bonchev–Trinajstić information content (AvgIpc) is 3.12. The van der Waals surface area contributed by atoms with Gasteiger partial charge in [0.05, 0.1) is 0 Å². The summed E-state index contributed by atoms with van der Waals surface area (Å²) in [4.78, 5) is 4.72. The van der Waals surface area contributed by atoms with Crippen molar-refractivity contribution in [1.29, 1.82) is 0 Å². The van der Waals surface area contributed by atoms with Crippen LogP contribution in [0.25, 0.3) is 22.3 Å². The van der Waals surface area contributed by atoms with Gasteiger partial charge >= 0.3 is 0 Å². The Hall–Kier alpha value is -5.86. The van der Waals surface area contributed by atoms with E-state index < -0.39 is 0 Å². The maximum atomic E-state index is 2.36. The van der Waals surface area contributed by atoms with Crippen LogP contribution in [-0.2, 0) is 0 Å². The molecule has 0 aliphatic heterocycles. The number of rotatable bonds is 8. The van der Waals surface area contributed by atoms with Crippen molar-refractivity contribution in [2.45, 2.75) is 41.5 Å². The molecule has 50 heavy (non-hydrogen) atoms. The highest BCUT2D eigenvalue weighted by molar-refractivity contribution is 5.83. The minimum Gasteiger partial charge on any atom is -0.310 e. The first-order valence-electron chi connectivity index (χ1n) is 17.4. The average molecular weight is 649 g/mol. The lowest BCUT2D eigenvalue weighted by atomic mass is 9.97. The molecule has 0 amide bonds. The summed E-state index contributed by atoms with van der Waals surface area (Å²) in [6.45, 7) is 13.0. The van der Waals surface area contributed by atoms with Gasteiger partial charge in [0.2, 0.25) is 0 Å². The summed E-state index contributed by atoms with van der Waals surface area (Å²) in [6, 6.07) is 57.7. The molecule has 7 aromatic carbocycles. The first-order chi connectivity index (χ1) is 24.2. The smallest absolute Gasteiger partial charge is 0.0491 e. The molecule has 2 heteroatoms. The molecule has 0 aromatic heterocycles. The van der Waals surface area contributed by atoms with Gasteiger partial charge in [-0.15, -0.1) is 0 Å². The van der Waals surface area contributed by atoms with Crippen molar-refractivity contribution in [3.63, 3.8) is 0 Å². The van der Waals surface area contributed by atoms with E-state index in [-0.39, 0.29) is 0 Å². The molecular formula is C48H44N2. The summed E-state index contributed by atoms with van der Waals surface area (Å²) in [6.07, 6.45) is 0. The van der Waals surface area contributed by atoms with E-state index in [1.54, 1.807) is 0 Å². The Balaban J connectivity index is 1.18. The second kappa shape index (κ2) is 13.9. The molecule has 7 aromatic rings. The fourth-order valence-corrected chi connectivity index (χ4v) is 6.80. The predicted octanol–water partition coefficient (Wildman–Crippen LogP) is 13.8. The monoisotopic (exact) mass is 648 g/mol. The lowest BCUT2D eigenvalue weighted by Gasteiger charge is -2.28. The maximum absolute atomic E-state index is 2.36. The van der Waals surface area contributed by atoms with Gasteiger partial charge in [-0.05, 0) is 159 Å². The predicted molar refractivity (Wildman–Crippen MR) is 215 cm³/mol.